The first-order chi connectivity index (χ1) is 19.4. The van der Waals surface area contributed by atoms with Gasteiger partial charge in [0, 0.05) is 69.0 Å². The number of nitrogens with zero attached hydrogens (tertiary/aromatic N) is 6. The topological polar surface area (TPSA) is 106 Å². The number of hydrogen-bond acceptors (Lipinski definition) is 7. The first-order valence-electron chi connectivity index (χ1n) is 13.6. The fraction of sp³-hybridized carbons (Fsp3) is 0.448. The first-order valence-corrected chi connectivity index (χ1v) is 13.6. The monoisotopic (exact) mass is 565 g/mol. The Hall–Kier alpha value is -4.19. The van der Waals surface area contributed by atoms with Gasteiger partial charge in [-0.05, 0) is 46.8 Å². The van der Waals surface area contributed by atoms with Crippen molar-refractivity contribution >= 4 is 39.9 Å². The maximum Gasteiger partial charge on any atom is 0.410 e. The van der Waals surface area contributed by atoms with Gasteiger partial charge >= 0.3 is 6.09 Å². The van der Waals surface area contributed by atoms with Gasteiger partial charge in [-0.15, -0.1) is 0 Å². The Labute approximate surface area is 237 Å². The van der Waals surface area contributed by atoms with E-state index in [1.807, 2.05) is 40.0 Å². The normalized spacial score (nSPS) is 15.0. The van der Waals surface area contributed by atoms with E-state index >= 15 is 0 Å². The fourth-order valence-corrected chi connectivity index (χ4v) is 4.93. The lowest BCUT2D eigenvalue weighted by Crippen LogP contribution is -2.50. The molecule has 1 saturated heterocycles. The minimum Gasteiger partial charge on any atom is -0.444 e. The second-order valence-electron chi connectivity index (χ2n) is 11.4. The van der Waals surface area contributed by atoms with Crippen LogP contribution in [0.25, 0.3) is 16.6 Å². The summed E-state index contributed by atoms with van der Waals surface area (Å²) < 4.78 is 28.9. The molecule has 0 aliphatic carbocycles. The summed E-state index contributed by atoms with van der Waals surface area (Å²) in [4.78, 5) is 34.1. The number of anilines is 2. The molecule has 1 atom stereocenters. The SMILES string of the molecule is COC(C)Cn1cc2c(N3CCN(C(=O)OC(C)(C)C)CC3)ccc(C(=O)Nc3cc(F)c4nc(C)cn4c3)c2n1. The van der Waals surface area contributed by atoms with E-state index in [1.165, 1.54) is 6.07 Å². The average molecular weight is 566 g/mol. The van der Waals surface area contributed by atoms with E-state index < -0.39 is 17.3 Å². The standard InChI is InChI=1S/C29H36FN7O4/c1-18-14-36-16-20(13-23(30)26(36)31-18)32-27(38)21-7-8-24(22-17-37(33-25(21)22)15-19(2)40-6)34-9-11-35(12-10-34)28(39)41-29(3,4)5/h7-8,13-14,16-17,19H,9-12,15H2,1-6H3,(H,32,38). The van der Waals surface area contributed by atoms with Gasteiger partial charge in [0.2, 0.25) is 0 Å². The summed E-state index contributed by atoms with van der Waals surface area (Å²) in [5, 5.41) is 8.37. The number of piperazine rings is 1. The lowest BCUT2D eigenvalue weighted by molar-refractivity contribution is 0.0240. The zero-order valence-electron chi connectivity index (χ0n) is 24.3. The molecular weight excluding hydrogens is 529 g/mol. The minimum absolute atomic E-state index is 0.0873. The smallest absolute Gasteiger partial charge is 0.410 e. The fourth-order valence-electron chi connectivity index (χ4n) is 4.93. The molecule has 4 aromatic rings. The Morgan fingerprint density at radius 2 is 1.85 bits per heavy atom. The van der Waals surface area contributed by atoms with Crippen LogP contribution in [-0.4, -0.2) is 81.1 Å². The summed E-state index contributed by atoms with van der Waals surface area (Å²) in [6.07, 6.45) is 4.83. The number of amides is 2. The van der Waals surface area contributed by atoms with E-state index in [9.17, 15) is 14.0 Å². The molecule has 41 heavy (non-hydrogen) atoms. The van der Waals surface area contributed by atoms with Gasteiger partial charge in [0.25, 0.3) is 5.91 Å². The molecule has 1 aliphatic rings. The van der Waals surface area contributed by atoms with Crippen molar-refractivity contribution < 1.29 is 23.5 Å². The molecule has 0 radical (unpaired) electrons. The minimum atomic E-state index is -0.556. The number of fused-ring (bicyclic) bond motifs is 2. The largest absolute Gasteiger partial charge is 0.444 e. The number of hydrogen-bond donors (Lipinski definition) is 1. The van der Waals surface area contributed by atoms with Gasteiger partial charge in [0.15, 0.2) is 11.5 Å². The lowest BCUT2D eigenvalue weighted by atomic mass is 10.1. The highest BCUT2D eigenvalue weighted by molar-refractivity contribution is 6.14. The van der Waals surface area contributed by atoms with E-state index in [-0.39, 0.29) is 17.8 Å². The summed E-state index contributed by atoms with van der Waals surface area (Å²) in [6.45, 7) is 12.0. The van der Waals surface area contributed by atoms with E-state index in [4.69, 9.17) is 14.6 Å². The van der Waals surface area contributed by atoms with E-state index in [1.54, 1.807) is 46.5 Å². The molecule has 3 aromatic heterocycles. The number of halogens is 1. The van der Waals surface area contributed by atoms with Crippen molar-refractivity contribution in [1.82, 2.24) is 24.1 Å². The summed E-state index contributed by atoms with van der Waals surface area (Å²) in [6, 6.07) is 4.89. The number of ether oxygens (including phenoxy) is 2. The van der Waals surface area contributed by atoms with Crippen LogP contribution in [0.2, 0.25) is 0 Å². The predicted octanol–water partition coefficient (Wildman–Crippen LogP) is 4.48. The molecule has 5 rings (SSSR count). The summed E-state index contributed by atoms with van der Waals surface area (Å²) in [5.74, 6) is -0.934. The van der Waals surface area contributed by atoms with Crippen molar-refractivity contribution in [2.24, 2.45) is 0 Å². The molecular formula is C29H36FN7O4. The molecule has 1 unspecified atom stereocenters. The van der Waals surface area contributed by atoms with Gasteiger partial charge in [-0.25, -0.2) is 14.2 Å². The van der Waals surface area contributed by atoms with Crippen LogP contribution in [0.1, 0.15) is 43.7 Å². The average Bonchev–Trinajstić information content (AvgIpc) is 3.50. The molecule has 4 heterocycles. The number of pyridine rings is 1. The Balaban J connectivity index is 1.43. The second-order valence-corrected chi connectivity index (χ2v) is 11.4. The van der Waals surface area contributed by atoms with Crippen molar-refractivity contribution in [1.29, 1.82) is 0 Å². The Kier molecular flexibility index (Phi) is 7.60. The van der Waals surface area contributed by atoms with Crippen molar-refractivity contribution in [3.05, 3.63) is 53.9 Å². The zero-order valence-corrected chi connectivity index (χ0v) is 24.3. The molecule has 2 amide bonds. The van der Waals surface area contributed by atoms with Crippen molar-refractivity contribution in [2.75, 3.05) is 43.5 Å². The maximum atomic E-state index is 14.6. The number of methoxy groups -OCH3 is 1. The van der Waals surface area contributed by atoms with Gasteiger partial charge in [0.05, 0.1) is 29.6 Å². The first kappa shape index (κ1) is 28.3. The number of aromatic nitrogens is 4. The Morgan fingerprint density at radius 3 is 2.54 bits per heavy atom. The number of benzene rings is 1. The van der Waals surface area contributed by atoms with Crippen LogP contribution in [0.4, 0.5) is 20.6 Å². The van der Waals surface area contributed by atoms with Crippen LogP contribution >= 0.6 is 0 Å². The Bertz CT molecular complexity index is 1600. The highest BCUT2D eigenvalue weighted by Crippen LogP contribution is 2.31. The maximum absolute atomic E-state index is 14.6. The third-order valence-electron chi connectivity index (χ3n) is 6.95. The quantitative estimate of drug-likeness (QED) is 0.368. The van der Waals surface area contributed by atoms with Crippen molar-refractivity contribution in [2.45, 2.75) is 52.9 Å². The zero-order chi connectivity index (χ0) is 29.5. The molecule has 1 aromatic carbocycles. The van der Waals surface area contributed by atoms with Gasteiger partial charge in [-0.2, -0.15) is 5.10 Å². The number of aryl methyl sites for hydroxylation is 1. The third-order valence-corrected chi connectivity index (χ3v) is 6.95. The molecule has 11 nitrogen and oxygen atoms in total. The second kappa shape index (κ2) is 11.0. The summed E-state index contributed by atoms with van der Waals surface area (Å²) in [7, 11) is 1.64. The summed E-state index contributed by atoms with van der Waals surface area (Å²) in [5.41, 5.74) is 2.43. The van der Waals surface area contributed by atoms with Crippen molar-refractivity contribution in [3.8, 4) is 0 Å². The number of nitrogens with one attached hydrogen (secondary N) is 1. The van der Waals surface area contributed by atoms with Crippen LogP contribution in [0.5, 0.6) is 0 Å². The molecule has 0 saturated carbocycles. The van der Waals surface area contributed by atoms with E-state index in [0.717, 1.165) is 11.1 Å². The molecule has 0 bridgehead atoms. The van der Waals surface area contributed by atoms with Crippen LogP contribution in [0.3, 0.4) is 0 Å². The molecule has 218 valence electrons. The molecule has 12 heteroatoms. The van der Waals surface area contributed by atoms with Gasteiger partial charge < -0.3 is 29.0 Å². The van der Waals surface area contributed by atoms with Crippen LogP contribution in [0.15, 0.2) is 36.8 Å². The number of carbonyl (C=O) groups is 2. The van der Waals surface area contributed by atoms with Gasteiger partial charge in [-0.3, -0.25) is 9.48 Å². The van der Waals surface area contributed by atoms with E-state index in [0.29, 0.717) is 55.2 Å². The van der Waals surface area contributed by atoms with Crippen LogP contribution in [0, 0.1) is 12.7 Å². The number of imidazole rings is 1. The van der Waals surface area contributed by atoms with Crippen molar-refractivity contribution in [3.63, 3.8) is 0 Å². The van der Waals surface area contributed by atoms with E-state index in [2.05, 4.69) is 15.2 Å². The third kappa shape index (κ3) is 6.12. The number of rotatable bonds is 6. The number of carbonyl (C=O) groups excluding carboxylic acids is 2. The van der Waals surface area contributed by atoms with Crippen LogP contribution < -0.4 is 10.2 Å². The molecule has 1 fully saturated rings. The molecule has 1 aliphatic heterocycles. The highest BCUT2D eigenvalue weighted by atomic mass is 19.1. The molecule has 0 spiro atoms. The predicted molar refractivity (Wildman–Crippen MR) is 154 cm³/mol. The Morgan fingerprint density at radius 1 is 1.12 bits per heavy atom. The van der Waals surface area contributed by atoms with Gasteiger partial charge in [-0.1, -0.05) is 0 Å². The van der Waals surface area contributed by atoms with Crippen LogP contribution in [-0.2, 0) is 16.0 Å². The lowest BCUT2D eigenvalue weighted by Gasteiger charge is -2.37. The highest BCUT2D eigenvalue weighted by Gasteiger charge is 2.28. The summed E-state index contributed by atoms with van der Waals surface area (Å²) >= 11 is 0. The van der Waals surface area contributed by atoms with Gasteiger partial charge in [0.1, 0.15) is 11.1 Å². The molecule has 1 N–H and O–H groups in total.